The summed E-state index contributed by atoms with van der Waals surface area (Å²) in [6.45, 7) is 0. The van der Waals surface area contributed by atoms with Gasteiger partial charge in [-0.25, -0.2) is 0 Å². The van der Waals surface area contributed by atoms with E-state index in [-0.39, 0.29) is 2.85 Å². The average molecular weight is 132 g/mol. The Labute approximate surface area is 61.5 Å². The van der Waals surface area contributed by atoms with Crippen molar-refractivity contribution in [3.8, 4) is 0 Å². The van der Waals surface area contributed by atoms with Crippen LogP contribution >= 0.6 is 0 Å². The molecule has 48 valence electrons. The third-order valence-corrected chi connectivity index (χ3v) is 1.37. The van der Waals surface area contributed by atoms with Crippen LogP contribution in [0.25, 0.3) is 11.0 Å². The second kappa shape index (κ2) is 2.06. The molecule has 0 amide bonds. The lowest BCUT2D eigenvalue weighted by atomic mass is 10.3. The lowest BCUT2D eigenvalue weighted by molar-refractivity contribution is 1.34. The molecular formula is C8H8N2+2. The monoisotopic (exact) mass is 132 g/mol. The summed E-state index contributed by atoms with van der Waals surface area (Å²) in [6.07, 6.45) is 3.54. The zero-order valence-corrected chi connectivity index (χ0v) is 5.36. The van der Waals surface area contributed by atoms with E-state index in [9.17, 15) is 0 Å². The molecule has 0 unspecified atom stereocenters. The lowest BCUT2D eigenvalue weighted by Gasteiger charge is -1.90. The van der Waals surface area contributed by atoms with Crippen LogP contribution in [0.4, 0.5) is 0 Å². The predicted octanol–water partition coefficient (Wildman–Crippen LogP) is 1.85. The minimum Gasteiger partial charge on any atom is -0.255 e. The van der Waals surface area contributed by atoms with Crippen LogP contribution in [-0.2, 0) is 0 Å². The van der Waals surface area contributed by atoms with Crippen LogP contribution in [0.15, 0.2) is 36.7 Å². The van der Waals surface area contributed by atoms with Crippen molar-refractivity contribution in [2.24, 2.45) is 0 Å². The highest BCUT2D eigenvalue weighted by Crippen LogP contribution is 2.04. The van der Waals surface area contributed by atoms with E-state index in [1.807, 2.05) is 24.3 Å². The first kappa shape index (κ1) is 5.35. The van der Waals surface area contributed by atoms with Crippen molar-refractivity contribution in [3.63, 3.8) is 0 Å². The minimum absolute atomic E-state index is 0. The highest BCUT2D eigenvalue weighted by Gasteiger charge is 1.88. The van der Waals surface area contributed by atoms with Crippen LogP contribution < -0.4 is 0 Å². The van der Waals surface area contributed by atoms with Gasteiger partial charge in [-0.15, -0.1) is 0 Å². The van der Waals surface area contributed by atoms with Crippen molar-refractivity contribution in [2.45, 2.75) is 0 Å². The molecule has 2 heterocycles. The third-order valence-electron chi connectivity index (χ3n) is 1.37. The quantitative estimate of drug-likeness (QED) is 0.546. The number of pyridine rings is 2. The van der Waals surface area contributed by atoms with Gasteiger partial charge in [0.25, 0.3) is 0 Å². The van der Waals surface area contributed by atoms with Crippen LogP contribution in [0.5, 0.6) is 0 Å². The fourth-order valence-corrected chi connectivity index (χ4v) is 0.904. The topological polar surface area (TPSA) is 25.8 Å². The summed E-state index contributed by atoms with van der Waals surface area (Å²) < 4.78 is 0. The molecule has 2 aromatic rings. The largest absolute Gasteiger partial charge is 1.00 e. The Morgan fingerprint density at radius 3 is 1.90 bits per heavy atom. The number of hydrogen-bond acceptors (Lipinski definition) is 2. The number of aromatic nitrogens is 2. The highest BCUT2D eigenvalue weighted by molar-refractivity contribution is 5.72. The number of rotatable bonds is 0. The molecule has 10 heavy (non-hydrogen) atoms. The van der Waals surface area contributed by atoms with Crippen LogP contribution in [-0.4, -0.2) is 9.97 Å². The van der Waals surface area contributed by atoms with E-state index >= 15 is 0 Å². The summed E-state index contributed by atoms with van der Waals surface area (Å²) >= 11 is 0. The van der Waals surface area contributed by atoms with E-state index in [2.05, 4.69) is 9.97 Å². The summed E-state index contributed by atoms with van der Waals surface area (Å²) in [7, 11) is 0. The second-order valence-electron chi connectivity index (χ2n) is 2.05. The smallest absolute Gasteiger partial charge is 0.255 e. The molecule has 0 atom stereocenters. The maximum atomic E-state index is 4.12. The van der Waals surface area contributed by atoms with E-state index in [4.69, 9.17) is 0 Å². The SMILES string of the molecule is [H+].[H+].c1cnc2cccnc2c1. The van der Waals surface area contributed by atoms with Gasteiger partial charge in [0.05, 0.1) is 11.0 Å². The molecule has 0 N–H and O–H groups in total. The van der Waals surface area contributed by atoms with E-state index < -0.39 is 0 Å². The summed E-state index contributed by atoms with van der Waals surface area (Å²) in [5, 5.41) is 0. The van der Waals surface area contributed by atoms with Crippen molar-refractivity contribution in [3.05, 3.63) is 36.7 Å². The molecule has 0 radical (unpaired) electrons. The van der Waals surface area contributed by atoms with Gasteiger partial charge in [0, 0.05) is 12.4 Å². The summed E-state index contributed by atoms with van der Waals surface area (Å²) in [5.41, 5.74) is 1.90. The fourth-order valence-electron chi connectivity index (χ4n) is 0.904. The van der Waals surface area contributed by atoms with Gasteiger partial charge in [0.15, 0.2) is 0 Å². The van der Waals surface area contributed by atoms with Crippen LogP contribution in [0, 0.1) is 0 Å². The van der Waals surface area contributed by atoms with Gasteiger partial charge in [0.1, 0.15) is 0 Å². The molecule has 2 nitrogen and oxygen atoms in total. The van der Waals surface area contributed by atoms with Gasteiger partial charge in [-0.2, -0.15) is 0 Å². The molecule has 0 spiro atoms. The van der Waals surface area contributed by atoms with Gasteiger partial charge < -0.3 is 0 Å². The van der Waals surface area contributed by atoms with E-state index in [0.717, 1.165) is 11.0 Å². The van der Waals surface area contributed by atoms with E-state index in [1.54, 1.807) is 12.4 Å². The molecule has 0 bridgehead atoms. The third kappa shape index (κ3) is 0.739. The zero-order valence-electron chi connectivity index (χ0n) is 7.36. The molecule has 0 aliphatic heterocycles. The van der Waals surface area contributed by atoms with Crippen LogP contribution in [0.1, 0.15) is 2.85 Å². The standard InChI is InChI=1S/C8H6N2/c1-3-7-8(9-5-1)4-2-6-10-7/h1-6H/p+2. The number of hydrogen-bond donors (Lipinski definition) is 0. The average Bonchev–Trinajstić information content (AvgIpc) is 2.05. The lowest BCUT2D eigenvalue weighted by Crippen LogP contribution is -1.78. The first-order valence-corrected chi connectivity index (χ1v) is 3.12. The van der Waals surface area contributed by atoms with Crippen LogP contribution in [0.3, 0.4) is 0 Å². The van der Waals surface area contributed by atoms with Crippen molar-refractivity contribution in [1.29, 1.82) is 0 Å². The first-order chi connectivity index (χ1) is 4.97. The molecule has 0 aliphatic rings. The summed E-state index contributed by atoms with van der Waals surface area (Å²) in [4.78, 5) is 8.24. The maximum Gasteiger partial charge on any atom is 1.00 e. The van der Waals surface area contributed by atoms with Crippen molar-refractivity contribution in [1.82, 2.24) is 9.97 Å². The van der Waals surface area contributed by atoms with Gasteiger partial charge in [-0.1, -0.05) is 0 Å². The molecule has 2 aromatic heterocycles. The van der Waals surface area contributed by atoms with Gasteiger partial charge >= 0.3 is 2.85 Å². The van der Waals surface area contributed by atoms with Crippen molar-refractivity contribution < 1.29 is 2.85 Å². The highest BCUT2D eigenvalue weighted by atomic mass is 14.7. The fraction of sp³-hybridized carbons (Fsp3) is 0. The van der Waals surface area contributed by atoms with Crippen molar-refractivity contribution in [2.75, 3.05) is 0 Å². The second-order valence-corrected chi connectivity index (χ2v) is 2.05. The normalized spacial score (nSPS) is 10.0. The molecular weight excluding hydrogens is 124 g/mol. The molecule has 0 saturated heterocycles. The Balaban J connectivity index is 0.000000605. The molecule has 0 aliphatic carbocycles. The predicted molar refractivity (Wildman–Crippen MR) is 41.8 cm³/mol. The summed E-state index contributed by atoms with van der Waals surface area (Å²) in [5.74, 6) is 0. The Hall–Kier alpha value is -1.44. The maximum absolute atomic E-state index is 4.12. The Morgan fingerprint density at radius 2 is 1.40 bits per heavy atom. The first-order valence-electron chi connectivity index (χ1n) is 3.12. The molecule has 2 rings (SSSR count). The number of nitrogens with zero attached hydrogens (tertiary/aromatic N) is 2. The summed E-state index contributed by atoms with van der Waals surface area (Å²) in [6, 6.07) is 7.66. The number of fused-ring (bicyclic) bond motifs is 1. The van der Waals surface area contributed by atoms with E-state index in [1.165, 1.54) is 0 Å². The van der Waals surface area contributed by atoms with Gasteiger partial charge in [-0.3, -0.25) is 9.97 Å². The van der Waals surface area contributed by atoms with Crippen LogP contribution in [0.2, 0.25) is 0 Å². The molecule has 0 saturated carbocycles. The Bertz CT molecular complexity index is 286. The Morgan fingerprint density at radius 1 is 0.900 bits per heavy atom. The molecule has 2 heteroatoms. The zero-order chi connectivity index (χ0) is 6.81. The molecule has 0 aromatic carbocycles. The molecule has 0 fully saturated rings. The van der Waals surface area contributed by atoms with E-state index in [0.29, 0.717) is 0 Å². The Kier molecular flexibility index (Phi) is 1.10. The van der Waals surface area contributed by atoms with Gasteiger partial charge in [-0.05, 0) is 24.3 Å². The van der Waals surface area contributed by atoms with Gasteiger partial charge in [0.2, 0.25) is 0 Å². The minimum atomic E-state index is 0. The van der Waals surface area contributed by atoms with Crippen molar-refractivity contribution >= 4 is 11.0 Å².